The van der Waals surface area contributed by atoms with E-state index in [1.807, 2.05) is 0 Å². The Morgan fingerprint density at radius 3 is 2.67 bits per heavy atom. The Morgan fingerprint density at radius 2 is 1.96 bits per heavy atom. The van der Waals surface area contributed by atoms with Crippen molar-refractivity contribution in [3.63, 3.8) is 0 Å². The third-order valence-electron chi connectivity index (χ3n) is 3.58. The third-order valence-corrected chi connectivity index (χ3v) is 3.58. The lowest BCUT2D eigenvalue weighted by Gasteiger charge is -2.18. The fourth-order valence-electron chi connectivity index (χ4n) is 2.26. The monoisotopic (exact) mass is 335 g/mol. The number of aliphatic imine (C=N–C) groups is 1. The summed E-state index contributed by atoms with van der Waals surface area (Å²) in [7, 11) is 1.68. The fraction of sp³-hybridized carbons (Fsp3) is 0.632. The third kappa shape index (κ3) is 10.2. The summed E-state index contributed by atoms with van der Waals surface area (Å²) in [5.41, 5.74) is 1.38. The van der Waals surface area contributed by atoms with Crippen molar-refractivity contribution in [1.82, 2.24) is 10.6 Å². The van der Waals surface area contributed by atoms with E-state index in [9.17, 15) is 0 Å². The van der Waals surface area contributed by atoms with Crippen LogP contribution in [0.15, 0.2) is 35.3 Å². The van der Waals surface area contributed by atoms with Crippen LogP contribution in [0.2, 0.25) is 0 Å². The second-order valence-electron chi connectivity index (χ2n) is 5.79. The Balaban J connectivity index is 2.26. The van der Waals surface area contributed by atoms with Crippen molar-refractivity contribution in [2.24, 2.45) is 4.99 Å². The van der Waals surface area contributed by atoms with Crippen LogP contribution in [0.3, 0.4) is 0 Å². The standard InChI is InChI=1S/C19H33N3O2/c1-4-20-19(21-13-8-14-24-16-15-23-3)22-17(2)11-12-18-9-6-5-7-10-18/h5-7,9-10,17H,4,8,11-16H2,1-3H3,(H2,20,21,22). The van der Waals surface area contributed by atoms with Crippen molar-refractivity contribution in [2.45, 2.75) is 39.2 Å². The van der Waals surface area contributed by atoms with Crippen LogP contribution >= 0.6 is 0 Å². The van der Waals surface area contributed by atoms with E-state index in [-0.39, 0.29) is 0 Å². The van der Waals surface area contributed by atoms with Crippen molar-refractivity contribution in [3.8, 4) is 0 Å². The molecule has 1 aromatic carbocycles. The first kappa shape index (κ1) is 20.5. The summed E-state index contributed by atoms with van der Waals surface area (Å²) in [5, 5.41) is 6.78. The molecule has 0 fully saturated rings. The first-order valence-electron chi connectivity index (χ1n) is 8.91. The van der Waals surface area contributed by atoms with Crippen LogP contribution in [0.1, 0.15) is 32.3 Å². The molecule has 2 N–H and O–H groups in total. The fourth-order valence-corrected chi connectivity index (χ4v) is 2.26. The zero-order chi connectivity index (χ0) is 17.5. The molecule has 0 spiro atoms. The normalized spacial score (nSPS) is 12.9. The van der Waals surface area contributed by atoms with Crippen LogP contribution < -0.4 is 10.6 Å². The molecule has 136 valence electrons. The SMILES string of the molecule is CCNC(=NCCCOCCOC)NC(C)CCc1ccccc1. The van der Waals surface area contributed by atoms with Gasteiger partial charge in [0, 0.05) is 32.8 Å². The van der Waals surface area contributed by atoms with E-state index in [1.165, 1.54) is 5.56 Å². The molecule has 1 aromatic rings. The van der Waals surface area contributed by atoms with Crippen molar-refractivity contribution in [3.05, 3.63) is 35.9 Å². The van der Waals surface area contributed by atoms with E-state index in [0.717, 1.165) is 44.9 Å². The molecular formula is C19H33N3O2. The van der Waals surface area contributed by atoms with Crippen LogP contribution in [0.5, 0.6) is 0 Å². The van der Waals surface area contributed by atoms with Gasteiger partial charge in [0.05, 0.1) is 13.2 Å². The minimum Gasteiger partial charge on any atom is -0.382 e. The maximum atomic E-state index is 5.45. The van der Waals surface area contributed by atoms with Gasteiger partial charge in [0.25, 0.3) is 0 Å². The number of ether oxygens (including phenoxy) is 2. The van der Waals surface area contributed by atoms with Crippen LogP contribution in [0, 0.1) is 0 Å². The Bertz CT molecular complexity index is 437. The second kappa shape index (κ2) is 13.8. The smallest absolute Gasteiger partial charge is 0.191 e. The maximum absolute atomic E-state index is 5.45. The highest BCUT2D eigenvalue weighted by atomic mass is 16.5. The Hall–Kier alpha value is -1.59. The zero-order valence-electron chi connectivity index (χ0n) is 15.4. The highest BCUT2D eigenvalue weighted by Crippen LogP contribution is 2.04. The molecule has 1 unspecified atom stereocenters. The van der Waals surface area contributed by atoms with Gasteiger partial charge in [-0.1, -0.05) is 30.3 Å². The molecular weight excluding hydrogens is 302 g/mol. The molecule has 0 heterocycles. The lowest BCUT2D eigenvalue weighted by Crippen LogP contribution is -2.42. The Labute approximate surface area is 146 Å². The summed E-state index contributed by atoms with van der Waals surface area (Å²) in [6, 6.07) is 11.0. The average Bonchev–Trinajstić information content (AvgIpc) is 2.60. The molecule has 0 aliphatic rings. The van der Waals surface area contributed by atoms with Gasteiger partial charge in [-0.3, -0.25) is 4.99 Å². The molecule has 24 heavy (non-hydrogen) atoms. The van der Waals surface area contributed by atoms with Crippen LogP contribution in [0.25, 0.3) is 0 Å². The van der Waals surface area contributed by atoms with Crippen molar-refractivity contribution in [2.75, 3.05) is 40.0 Å². The van der Waals surface area contributed by atoms with Crippen molar-refractivity contribution >= 4 is 5.96 Å². The van der Waals surface area contributed by atoms with Gasteiger partial charge in [-0.2, -0.15) is 0 Å². The number of rotatable bonds is 12. The van der Waals surface area contributed by atoms with E-state index in [2.05, 4.69) is 59.8 Å². The number of guanidine groups is 1. The summed E-state index contributed by atoms with van der Waals surface area (Å²) in [5.74, 6) is 0.884. The van der Waals surface area contributed by atoms with Crippen LogP contribution in [-0.2, 0) is 15.9 Å². The molecule has 0 aliphatic carbocycles. The molecule has 5 nitrogen and oxygen atoms in total. The molecule has 1 atom stereocenters. The zero-order valence-corrected chi connectivity index (χ0v) is 15.4. The summed E-state index contributed by atoms with van der Waals surface area (Å²) in [4.78, 5) is 4.61. The Kier molecular flexibility index (Phi) is 11.8. The molecule has 0 saturated carbocycles. The number of nitrogens with zero attached hydrogens (tertiary/aromatic N) is 1. The molecule has 0 aromatic heterocycles. The van der Waals surface area contributed by atoms with Gasteiger partial charge in [0.2, 0.25) is 0 Å². The predicted molar refractivity (Wildman–Crippen MR) is 101 cm³/mol. The minimum atomic E-state index is 0.376. The maximum Gasteiger partial charge on any atom is 0.191 e. The number of hydrogen-bond donors (Lipinski definition) is 2. The lowest BCUT2D eigenvalue weighted by atomic mass is 10.1. The molecule has 0 radical (unpaired) electrons. The molecule has 5 heteroatoms. The first-order chi connectivity index (χ1) is 11.8. The van der Waals surface area contributed by atoms with E-state index in [4.69, 9.17) is 9.47 Å². The minimum absolute atomic E-state index is 0.376. The van der Waals surface area contributed by atoms with Gasteiger partial charge in [0.1, 0.15) is 0 Å². The van der Waals surface area contributed by atoms with Gasteiger partial charge in [0.15, 0.2) is 5.96 Å². The molecule has 0 saturated heterocycles. The molecule has 1 rings (SSSR count). The van der Waals surface area contributed by atoms with Gasteiger partial charge in [-0.25, -0.2) is 0 Å². The van der Waals surface area contributed by atoms with Crippen LogP contribution in [-0.4, -0.2) is 52.0 Å². The summed E-state index contributed by atoms with van der Waals surface area (Å²) in [6.45, 7) is 7.91. The first-order valence-corrected chi connectivity index (χ1v) is 8.91. The Morgan fingerprint density at radius 1 is 1.17 bits per heavy atom. The number of methoxy groups -OCH3 is 1. The van der Waals surface area contributed by atoms with E-state index in [1.54, 1.807) is 7.11 Å². The highest BCUT2D eigenvalue weighted by molar-refractivity contribution is 5.80. The van der Waals surface area contributed by atoms with E-state index in [0.29, 0.717) is 19.3 Å². The summed E-state index contributed by atoms with van der Waals surface area (Å²) in [6.07, 6.45) is 3.06. The topological polar surface area (TPSA) is 54.9 Å². The molecule has 0 amide bonds. The largest absolute Gasteiger partial charge is 0.382 e. The van der Waals surface area contributed by atoms with Crippen molar-refractivity contribution in [1.29, 1.82) is 0 Å². The number of benzene rings is 1. The number of nitrogens with one attached hydrogen (secondary N) is 2. The number of aryl methyl sites for hydroxylation is 1. The van der Waals surface area contributed by atoms with Gasteiger partial charge in [-0.15, -0.1) is 0 Å². The molecule has 0 bridgehead atoms. The number of hydrogen-bond acceptors (Lipinski definition) is 3. The quantitative estimate of drug-likeness (QED) is 0.350. The second-order valence-corrected chi connectivity index (χ2v) is 5.79. The highest BCUT2D eigenvalue weighted by Gasteiger charge is 2.05. The van der Waals surface area contributed by atoms with Gasteiger partial charge in [-0.05, 0) is 38.7 Å². The summed E-state index contributed by atoms with van der Waals surface area (Å²) >= 11 is 0. The van der Waals surface area contributed by atoms with Crippen molar-refractivity contribution < 1.29 is 9.47 Å². The lowest BCUT2D eigenvalue weighted by molar-refractivity contribution is 0.0702. The van der Waals surface area contributed by atoms with Gasteiger partial charge >= 0.3 is 0 Å². The average molecular weight is 335 g/mol. The summed E-state index contributed by atoms with van der Waals surface area (Å²) < 4.78 is 10.4. The van der Waals surface area contributed by atoms with Crippen LogP contribution in [0.4, 0.5) is 0 Å². The molecule has 0 aliphatic heterocycles. The van der Waals surface area contributed by atoms with E-state index >= 15 is 0 Å². The predicted octanol–water partition coefficient (Wildman–Crippen LogP) is 2.62. The van der Waals surface area contributed by atoms with Gasteiger partial charge < -0.3 is 20.1 Å². The van der Waals surface area contributed by atoms with E-state index < -0.39 is 0 Å².